The van der Waals surface area contributed by atoms with E-state index in [1.54, 1.807) is 41.9 Å². The third-order valence-corrected chi connectivity index (χ3v) is 2.43. The topological polar surface area (TPSA) is 49.3 Å². The molecule has 0 radical (unpaired) electrons. The molecule has 0 fully saturated rings. The summed E-state index contributed by atoms with van der Waals surface area (Å²) in [5.74, 6) is -0.928. The van der Waals surface area contributed by atoms with E-state index in [0.29, 0.717) is 16.7 Å². The van der Waals surface area contributed by atoms with Crippen molar-refractivity contribution in [3.05, 3.63) is 59.9 Å². The molecule has 0 saturated carbocycles. The molecule has 0 bridgehead atoms. The molecule has 86 valence electrons. The Morgan fingerprint density at radius 2 is 1.71 bits per heavy atom. The second kappa shape index (κ2) is 4.76. The third-order valence-electron chi connectivity index (χ3n) is 2.43. The first kappa shape index (κ1) is 11.3. The molecular formula is C13H10FNO2. The van der Waals surface area contributed by atoms with Gasteiger partial charge in [0.15, 0.2) is 0 Å². The van der Waals surface area contributed by atoms with Crippen LogP contribution in [0.4, 0.5) is 4.39 Å². The summed E-state index contributed by atoms with van der Waals surface area (Å²) in [4.78, 5) is 11.4. The molecule has 0 atom stereocenters. The molecule has 0 saturated heterocycles. The molecule has 17 heavy (non-hydrogen) atoms. The van der Waals surface area contributed by atoms with E-state index < -0.39 is 5.91 Å². The highest BCUT2D eigenvalue weighted by Gasteiger charge is 2.11. The smallest absolute Gasteiger partial charge is 0.275 e. The van der Waals surface area contributed by atoms with Crippen molar-refractivity contribution in [3.8, 4) is 11.1 Å². The number of carbonyl (C=O) groups is 1. The molecule has 2 N–H and O–H groups in total. The fourth-order valence-corrected chi connectivity index (χ4v) is 1.62. The van der Waals surface area contributed by atoms with Gasteiger partial charge >= 0.3 is 0 Å². The van der Waals surface area contributed by atoms with Crippen molar-refractivity contribution in [3.63, 3.8) is 0 Å². The van der Waals surface area contributed by atoms with Gasteiger partial charge in [-0.15, -0.1) is 0 Å². The van der Waals surface area contributed by atoms with Crippen LogP contribution >= 0.6 is 0 Å². The van der Waals surface area contributed by atoms with Crippen LogP contribution in [-0.2, 0) is 0 Å². The summed E-state index contributed by atoms with van der Waals surface area (Å²) in [5.41, 5.74) is 3.28. The maximum absolute atomic E-state index is 12.8. The van der Waals surface area contributed by atoms with Gasteiger partial charge in [0.25, 0.3) is 5.91 Å². The zero-order valence-corrected chi connectivity index (χ0v) is 8.85. The van der Waals surface area contributed by atoms with Crippen molar-refractivity contribution < 1.29 is 14.4 Å². The Balaban J connectivity index is 2.51. The van der Waals surface area contributed by atoms with Crippen LogP contribution in [0.2, 0.25) is 0 Å². The van der Waals surface area contributed by atoms with E-state index in [-0.39, 0.29) is 5.82 Å². The summed E-state index contributed by atoms with van der Waals surface area (Å²) < 4.78 is 12.8. The van der Waals surface area contributed by atoms with Gasteiger partial charge in [-0.2, -0.15) is 0 Å². The number of hydroxylamine groups is 1. The summed E-state index contributed by atoms with van der Waals surface area (Å²) >= 11 is 0. The molecule has 0 heterocycles. The summed E-state index contributed by atoms with van der Waals surface area (Å²) in [6.07, 6.45) is 0. The standard InChI is InChI=1S/C13H10FNO2/c14-10-7-5-9(6-8-10)11-3-1-2-4-12(11)13(16)15-17/h1-8,17H,(H,15,16). The number of hydrogen-bond acceptors (Lipinski definition) is 2. The van der Waals surface area contributed by atoms with Crippen LogP contribution < -0.4 is 5.48 Å². The van der Waals surface area contributed by atoms with Gasteiger partial charge < -0.3 is 0 Å². The first-order chi connectivity index (χ1) is 8.22. The predicted octanol–water partition coefficient (Wildman–Crippen LogP) is 2.61. The Hall–Kier alpha value is -2.20. The van der Waals surface area contributed by atoms with E-state index in [1.807, 2.05) is 0 Å². The SMILES string of the molecule is O=C(NO)c1ccccc1-c1ccc(F)cc1. The first-order valence-corrected chi connectivity index (χ1v) is 5.02. The Morgan fingerprint density at radius 1 is 1.06 bits per heavy atom. The van der Waals surface area contributed by atoms with E-state index in [1.165, 1.54) is 12.1 Å². The van der Waals surface area contributed by atoms with E-state index in [2.05, 4.69) is 0 Å². The molecule has 1 amide bonds. The average Bonchev–Trinajstić information content (AvgIpc) is 2.39. The predicted molar refractivity (Wildman–Crippen MR) is 61.1 cm³/mol. The van der Waals surface area contributed by atoms with E-state index in [4.69, 9.17) is 5.21 Å². The van der Waals surface area contributed by atoms with Crippen LogP contribution in [0.1, 0.15) is 10.4 Å². The number of amides is 1. The molecule has 2 aromatic rings. The van der Waals surface area contributed by atoms with Crippen LogP contribution in [0, 0.1) is 5.82 Å². The van der Waals surface area contributed by atoms with Crippen molar-refractivity contribution >= 4 is 5.91 Å². The average molecular weight is 231 g/mol. The van der Waals surface area contributed by atoms with E-state index >= 15 is 0 Å². The Labute approximate surface area is 97.5 Å². The monoisotopic (exact) mass is 231 g/mol. The second-order valence-electron chi connectivity index (χ2n) is 3.49. The van der Waals surface area contributed by atoms with Crippen LogP contribution in [0.3, 0.4) is 0 Å². The van der Waals surface area contributed by atoms with Crippen LogP contribution in [0.5, 0.6) is 0 Å². The second-order valence-corrected chi connectivity index (χ2v) is 3.49. The number of nitrogens with one attached hydrogen (secondary N) is 1. The fourth-order valence-electron chi connectivity index (χ4n) is 1.62. The van der Waals surface area contributed by atoms with Crippen molar-refractivity contribution in [2.45, 2.75) is 0 Å². The minimum absolute atomic E-state index is 0.335. The molecule has 0 unspecified atom stereocenters. The van der Waals surface area contributed by atoms with Crippen molar-refractivity contribution in [1.82, 2.24) is 5.48 Å². The lowest BCUT2D eigenvalue weighted by Crippen LogP contribution is -2.19. The van der Waals surface area contributed by atoms with Gasteiger partial charge in [0, 0.05) is 5.56 Å². The largest absolute Gasteiger partial charge is 0.288 e. The summed E-state index contributed by atoms with van der Waals surface area (Å²) in [5, 5.41) is 8.64. The lowest BCUT2D eigenvalue weighted by atomic mass is 9.99. The van der Waals surface area contributed by atoms with Crippen molar-refractivity contribution in [2.24, 2.45) is 0 Å². The Bertz CT molecular complexity index is 537. The minimum atomic E-state index is -0.593. The molecule has 0 spiro atoms. The maximum atomic E-state index is 12.8. The van der Waals surface area contributed by atoms with Gasteiger partial charge in [-0.1, -0.05) is 30.3 Å². The van der Waals surface area contributed by atoms with Crippen molar-refractivity contribution in [2.75, 3.05) is 0 Å². The zero-order chi connectivity index (χ0) is 12.3. The van der Waals surface area contributed by atoms with Gasteiger partial charge in [-0.25, -0.2) is 9.87 Å². The van der Waals surface area contributed by atoms with E-state index in [0.717, 1.165) is 0 Å². The zero-order valence-electron chi connectivity index (χ0n) is 8.85. The van der Waals surface area contributed by atoms with Gasteiger partial charge in [-0.3, -0.25) is 10.0 Å². The van der Waals surface area contributed by atoms with Gasteiger partial charge in [-0.05, 0) is 29.3 Å². The summed E-state index contributed by atoms with van der Waals surface area (Å²) in [7, 11) is 0. The Kier molecular flexibility index (Phi) is 3.16. The Morgan fingerprint density at radius 3 is 2.35 bits per heavy atom. The molecule has 4 heteroatoms. The highest BCUT2D eigenvalue weighted by atomic mass is 19.1. The minimum Gasteiger partial charge on any atom is -0.288 e. The van der Waals surface area contributed by atoms with Crippen LogP contribution in [0.25, 0.3) is 11.1 Å². The highest BCUT2D eigenvalue weighted by Crippen LogP contribution is 2.23. The van der Waals surface area contributed by atoms with Gasteiger partial charge in [0.05, 0.1) is 0 Å². The quantitative estimate of drug-likeness (QED) is 0.616. The van der Waals surface area contributed by atoms with E-state index in [9.17, 15) is 9.18 Å². The molecule has 0 aliphatic heterocycles. The number of rotatable bonds is 2. The molecular weight excluding hydrogens is 221 g/mol. The van der Waals surface area contributed by atoms with Gasteiger partial charge in [0.2, 0.25) is 0 Å². The van der Waals surface area contributed by atoms with Crippen LogP contribution in [0.15, 0.2) is 48.5 Å². The lowest BCUT2D eigenvalue weighted by Gasteiger charge is -2.07. The normalized spacial score (nSPS) is 10.0. The number of benzene rings is 2. The molecule has 0 aliphatic rings. The summed E-state index contributed by atoms with van der Waals surface area (Å²) in [6.45, 7) is 0. The summed E-state index contributed by atoms with van der Waals surface area (Å²) in [6, 6.07) is 12.6. The highest BCUT2D eigenvalue weighted by molar-refractivity contribution is 6.00. The molecule has 2 aromatic carbocycles. The molecule has 0 aromatic heterocycles. The lowest BCUT2D eigenvalue weighted by molar-refractivity contribution is 0.0707. The number of carbonyl (C=O) groups excluding carboxylic acids is 1. The third kappa shape index (κ3) is 2.32. The molecule has 3 nitrogen and oxygen atoms in total. The fraction of sp³-hybridized carbons (Fsp3) is 0. The molecule has 2 rings (SSSR count). The number of hydrogen-bond donors (Lipinski definition) is 2. The van der Waals surface area contributed by atoms with Crippen LogP contribution in [-0.4, -0.2) is 11.1 Å². The molecule has 0 aliphatic carbocycles. The van der Waals surface area contributed by atoms with Crippen molar-refractivity contribution in [1.29, 1.82) is 0 Å². The number of halogens is 1. The first-order valence-electron chi connectivity index (χ1n) is 5.02. The van der Waals surface area contributed by atoms with Gasteiger partial charge in [0.1, 0.15) is 5.82 Å². The maximum Gasteiger partial charge on any atom is 0.275 e.